The molecular formula is C14H18N2O5S. The Kier molecular flexibility index (Phi) is 4.52. The summed E-state index contributed by atoms with van der Waals surface area (Å²) in [4.78, 5) is 22.3. The van der Waals surface area contributed by atoms with Gasteiger partial charge in [-0.1, -0.05) is 0 Å². The van der Waals surface area contributed by atoms with E-state index in [2.05, 4.69) is 0 Å². The van der Waals surface area contributed by atoms with Gasteiger partial charge in [-0.2, -0.15) is 4.31 Å². The van der Waals surface area contributed by atoms with E-state index in [1.54, 1.807) is 6.92 Å². The number of amides is 1. The van der Waals surface area contributed by atoms with Gasteiger partial charge in [-0.3, -0.25) is 9.59 Å². The monoisotopic (exact) mass is 326 g/mol. The van der Waals surface area contributed by atoms with Gasteiger partial charge in [0.05, 0.1) is 10.8 Å². The van der Waals surface area contributed by atoms with Crippen molar-refractivity contribution >= 4 is 21.9 Å². The van der Waals surface area contributed by atoms with Crippen LogP contribution in [0.5, 0.6) is 0 Å². The van der Waals surface area contributed by atoms with Gasteiger partial charge in [-0.25, -0.2) is 8.42 Å². The standard InChI is InChI=1S/C14H18N2O5S/c1-9-12(14(18)19)3-2-8-16(9)22(20,21)11-6-4-10(5-7-11)13(15)17/h4-7,9,12H,2-3,8H2,1H3,(H2,15,17)(H,18,19)/t9-,12-/m1/s1. The molecule has 1 aliphatic rings. The van der Waals surface area contributed by atoms with E-state index in [-0.39, 0.29) is 17.0 Å². The molecule has 0 aliphatic carbocycles. The number of primary amides is 1. The quantitative estimate of drug-likeness (QED) is 0.842. The van der Waals surface area contributed by atoms with Crippen LogP contribution in [-0.4, -0.2) is 42.3 Å². The molecule has 1 aliphatic heterocycles. The summed E-state index contributed by atoms with van der Waals surface area (Å²) in [7, 11) is -3.80. The molecule has 0 radical (unpaired) electrons. The Labute approximate surface area is 128 Å². The first-order valence-electron chi connectivity index (χ1n) is 6.89. The lowest BCUT2D eigenvalue weighted by molar-refractivity contribution is -0.144. The van der Waals surface area contributed by atoms with E-state index < -0.39 is 33.9 Å². The minimum Gasteiger partial charge on any atom is -0.481 e. The lowest BCUT2D eigenvalue weighted by atomic mass is 9.92. The van der Waals surface area contributed by atoms with Gasteiger partial charge in [0.15, 0.2) is 0 Å². The largest absolute Gasteiger partial charge is 0.481 e. The van der Waals surface area contributed by atoms with Crippen LogP contribution in [-0.2, 0) is 14.8 Å². The molecule has 22 heavy (non-hydrogen) atoms. The molecule has 0 saturated carbocycles. The highest BCUT2D eigenvalue weighted by molar-refractivity contribution is 7.89. The van der Waals surface area contributed by atoms with Gasteiger partial charge in [0, 0.05) is 18.2 Å². The van der Waals surface area contributed by atoms with Crippen LogP contribution in [0.15, 0.2) is 29.2 Å². The zero-order chi connectivity index (χ0) is 16.5. The first-order valence-corrected chi connectivity index (χ1v) is 8.33. The lowest BCUT2D eigenvalue weighted by Crippen LogP contribution is -2.48. The number of nitrogens with zero attached hydrogens (tertiary/aromatic N) is 1. The molecule has 0 unspecified atom stereocenters. The second kappa shape index (κ2) is 6.05. The molecule has 1 amide bonds. The summed E-state index contributed by atoms with van der Waals surface area (Å²) in [6.07, 6.45) is 0.961. The molecule has 2 atom stereocenters. The number of carboxylic acids is 1. The Balaban J connectivity index is 2.33. The SMILES string of the molecule is C[C@@H]1[C@H](C(=O)O)CCCN1S(=O)(=O)c1ccc(C(N)=O)cc1. The molecule has 0 spiro atoms. The van der Waals surface area contributed by atoms with Gasteiger partial charge in [-0.15, -0.1) is 0 Å². The summed E-state index contributed by atoms with van der Waals surface area (Å²) in [6.45, 7) is 1.89. The number of rotatable bonds is 4. The lowest BCUT2D eigenvalue weighted by Gasteiger charge is -2.36. The summed E-state index contributed by atoms with van der Waals surface area (Å²) in [5, 5.41) is 9.19. The van der Waals surface area contributed by atoms with Crippen molar-refractivity contribution < 1.29 is 23.1 Å². The fourth-order valence-corrected chi connectivity index (χ4v) is 4.41. The van der Waals surface area contributed by atoms with E-state index in [9.17, 15) is 23.1 Å². The average molecular weight is 326 g/mol. The van der Waals surface area contributed by atoms with Crippen LogP contribution in [0.1, 0.15) is 30.1 Å². The molecule has 8 heteroatoms. The Morgan fingerprint density at radius 1 is 1.27 bits per heavy atom. The molecule has 3 N–H and O–H groups in total. The molecule has 1 aromatic rings. The minimum absolute atomic E-state index is 0.0235. The number of benzene rings is 1. The van der Waals surface area contributed by atoms with E-state index >= 15 is 0 Å². The zero-order valence-corrected chi connectivity index (χ0v) is 12.9. The molecule has 0 bridgehead atoms. The van der Waals surface area contributed by atoms with E-state index in [4.69, 9.17) is 5.73 Å². The number of carboxylic acid groups (broad SMARTS) is 1. The number of nitrogens with two attached hydrogens (primary N) is 1. The van der Waals surface area contributed by atoms with Gasteiger partial charge in [0.1, 0.15) is 0 Å². The van der Waals surface area contributed by atoms with Crippen molar-refractivity contribution in [2.75, 3.05) is 6.54 Å². The number of aliphatic carboxylic acids is 1. The van der Waals surface area contributed by atoms with Crippen molar-refractivity contribution in [3.63, 3.8) is 0 Å². The fraction of sp³-hybridized carbons (Fsp3) is 0.429. The maximum Gasteiger partial charge on any atom is 0.308 e. The Hall–Kier alpha value is -1.93. The third-order valence-corrected chi connectivity index (χ3v) is 5.99. The van der Waals surface area contributed by atoms with Gasteiger partial charge in [-0.05, 0) is 44.0 Å². The van der Waals surface area contributed by atoms with Crippen LogP contribution < -0.4 is 5.73 Å². The molecule has 120 valence electrons. The highest BCUT2D eigenvalue weighted by Crippen LogP contribution is 2.29. The summed E-state index contributed by atoms with van der Waals surface area (Å²) < 4.78 is 26.5. The van der Waals surface area contributed by atoms with Gasteiger partial charge in [0.2, 0.25) is 15.9 Å². The first-order chi connectivity index (χ1) is 10.2. The maximum absolute atomic E-state index is 12.7. The van der Waals surface area contributed by atoms with E-state index in [0.29, 0.717) is 12.8 Å². The van der Waals surface area contributed by atoms with Crippen LogP contribution in [0.2, 0.25) is 0 Å². The normalized spacial score (nSPS) is 23.1. The van der Waals surface area contributed by atoms with Crippen molar-refractivity contribution in [2.24, 2.45) is 11.7 Å². The van der Waals surface area contributed by atoms with Crippen LogP contribution >= 0.6 is 0 Å². The van der Waals surface area contributed by atoms with Crippen molar-refractivity contribution in [3.8, 4) is 0 Å². The highest BCUT2D eigenvalue weighted by Gasteiger charge is 2.39. The minimum atomic E-state index is -3.80. The maximum atomic E-state index is 12.7. The number of sulfonamides is 1. The molecule has 1 aromatic carbocycles. The second-order valence-electron chi connectivity index (χ2n) is 5.33. The number of hydrogen-bond donors (Lipinski definition) is 2. The summed E-state index contributed by atoms with van der Waals surface area (Å²) in [5.41, 5.74) is 5.34. The average Bonchev–Trinajstić information content (AvgIpc) is 2.47. The smallest absolute Gasteiger partial charge is 0.308 e. The molecule has 2 rings (SSSR count). The van der Waals surface area contributed by atoms with Crippen LogP contribution in [0.3, 0.4) is 0 Å². The fourth-order valence-electron chi connectivity index (χ4n) is 2.71. The van der Waals surface area contributed by atoms with Crippen molar-refractivity contribution in [3.05, 3.63) is 29.8 Å². The first kappa shape index (κ1) is 16.4. The Morgan fingerprint density at radius 2 is 1.86 bits per heavy atom. The molecule has 0 aromatic heterocycles. The molecular weight excluding hydrogens is 308 g/mol. The topological polar surface area (TPSA) is 118 Å². The van der Waals surface area contributed by atoms with Gasteiger partial charge in [0.25, 0.3) is 0 Å². The van der Waals surface area contributed by atoms with Crippen LogP contribution in [0.25, 0.3) is 0 Å². The molecule has 1 fully saturated rings. The summed E-state index contributed by atoms with van der Waals surface area (Å²) in [5.74, 6) is -2.34. The van der Waals surface area contributed by atoms with Crippen LogP contribution in [0, 0.1) is 5.92 Å². The van der Waals surface area contributed by atoms with E-state index in [1.807, 2.05) is 0 Å². The third-order valence-electron chi connectivity index (χ3n) is 3.99. The van der Waals surface area contributed by atoms with Gasteiger partial charge < -0.3 is 10.8 Å². The molecule has 1 heterocycles. The molecule has 7 nitrogen and oxygen atoms in total. The van der Waals surface area contributed by atoms with E-state index in [0.717, 1.165) is 0 Å². The third kappa shape index (κ3) is 2.97. The van der Waals surface area contributed by atoms with Gasteiger partial charge >= 0.3 is 5.97 Å². The number of piperidine rings is 1. The Bertz CT molecular complexity index is 684. The highest BCUT2D eigenvalue weighted by atomic mass is 32.2. The second-order valence-corrected chi connectivity index (χ2v) is 7.22. The number of carbonyl (C=O) groups excluding carboxylic acids is 1. The Morgan fingerprint density at radius 3 is 2.36 bits per heavy atom. The van der Waals surface area contributed by atoms with Crippen molar-refractivity contribution in [2.45, 2.75) is 30.7 Å². The van der Waals surface area contributed by atoms with Crippen molar-refractivity contribution in [1.29, 1.82) is 0 Å². The predicted molar refractivity (Wildman–Crippen MR) is 78.7 cm³/mol. The predicted octanol–water partition coefficient (Wildman–Crippen LogP) is 0.659. The van der Waals surface area contributed by atoms with Crippen molar-refractivity contribution in [1.82, 2.24) is 4.31 Å². The number of carbonyl (C=O) groups is 2. The molecule has 1 saturated heterocycles. The zero-order valence-electron chi connectivity index (χ0n) is 12.1. The summed E-state index contributed by atoms with van der Waals surface area (Å²) in [6, 6.07) is 4.70. The van der Waals surface area contributed by atoms with E-state index in [1.165, 1.54) is 28.6 Å². The summed E-state index contributed by atoms with van der Waals surface area (Å²) >= 11 is 0. The number of hydrogen-bond acceptors (Lipinski definition) is 4. The van der Waals surface area contributed by atoms with Crippen LogP contribution in [0.4, 0.5) is 0 Å².